The van der Waals surface area contributed by atoms with E-state index in [0.717, 1.165) is 31.6 Å². The number of ether oxygens (including phenoxy) is 2. The fraction of sp³-hybridized carbons (Fsp3) is 0.588. The Morgan fingerprint density at radius 1 is 1.29 bits per heavy atom. The Morgan fingerprint density at radius 2 is 2.00 bits per heavy atom. The predicted octanol–water partition coefficient (Wildman–Crippen LogP) is 2.78. The van der Waals surface area contributed by atoms with Crippen LogP contribution in [-0.2, 0) is 9.53 Å². The highest BCUT2D eigenvalue weighted by Crippen LogP contribution is 2.41. The highest BCUT2D eigenvalue weighted by atomic mass is 16.5. The summed E-state index contributed by atoms with van der Waals surface area (Å²) in [5, 5.41) is 3.40. The maximum Gasteiger partial charge on any atom is 0.330 e. The fourth-order valence-electron chi connectivity index (χ4n) is 2.51. The molecule has 1 aliphatic rings. The Hall–Kier alpha value is -1.55. The zero-order valence-electron chi connectivity index (χ0n) is 12.9. The minimum atomic E-state index is -0.706. The average molecular weight is 291 g/mol. The van der Waals surface area contributed by atoms with Crippen LogP contribution < -0.4 is 10.1 Å². The summed E-state index contributed by atoms with van der Waals surface area (Å²) in [7, 11) is 0. The van der Waals surface area contributed by atoms with Gasteiger partial charge < -0.3 is 9.47 Å². The second-order valence-electron chi connectivity index (χ2n) is 5.49. The van der Waals surface area contributed by atoms with E-state index in [9.17, 15) is 4.79 Å². The second kappa shape index (κ2) is 7.46. The number of nitrogens with one attached hydrogen (secondary N) is 1. The maximum absolute atomic E-state index is 12.5. The van der Waals surface area contributed by atoms with E-state index in [4.69, 9.17) is 9.47 Å². The molecule has 0 heterocycles. The van der Waals surface area contributed by atoms with Crippen molar-refractivity contribution in [1.82, 2.24) is 5.32 Å². The monoisotopic (exact) mass is 291 g/mol. The molecular formula is C17H25NO3. The Labute approximate surface area is 126 Å². The van der Waals surface area contributed by atoms with Crippen molar-refractivity contribution >= 4 is 5.97 Å². The molecule has 2 rings (SSSR count). The van der Waals surface area contributed by atoms with Gasteiger partial charge in [0, 0.05) is 0 Å². The molecular weight excluding hydrogens is 266 g/mol. The molecule has 1 N–H and O–H groups in total. The lowest BCUT2D eigenvalue weighted by Gasteiger charge is -2.32. The Morgan fingerprint density at radius 3 is 2.57 bits per heavy atom. The smallest absolute Gasteiger partial charge is 0.330 e. The average Bonchev–Trinajstić information content (AvgIpc) is 3.34. The SMILES string of the molecule is CCCNC(COc1ccccc1)(C(=O)OCC)C1CC1. The molecule has 0 saturated heterocycles. The molecule has 116 valence electrons. The van der Waals surface area contributed by atoms with E-state index in [-0.39, 0.29) is 5.97 Å². The molecule has 0 spiro atoms. The van der Waals surface area contributed by atoms with Gasteiger partial charge in [-0.1, -0.05) is 25.1 Å². The van der Waals surface area contributed by atoms with Gasteiger partial charge in [0.25, 0.3) is 0 Å². The molecule has 0 aliphatic heterocycles. The van der Waals surface area contributed by atoms with Crippen molar-refractivity contribution in [1.29, 1.82) is 0 Å². The number of esters is 1. The normalized spacial score (nSPS) is 17.0. The predicted molar refractivity (Wildman–Crippen MR) is 82.3 cm³/mol. The van der Waals surface area contributed by atoms with E-state index in [0.29, 0.717) is 19.1 Å². The number of carbonyl (C=O) groups excluding carboxylic acids is 1. The summed E-state index contributed by atoms with van der Waals surface area (Å²) in [5.74, 6) is 0.911. The molecule has 1 aromatic carbocycles. The van der Waals surface area contributed by atoms with Crippen LogP contribution in [0.15, 0.2) is 30.3 Å². The van der Waals surface area contributed by atoms with Crippen molar-refractivity contribution < 1.29 is 14.3 Å². The quantitative estimate of drug-likeness (QED) is 0.711. The summed E-state index contributed by atoms with van der Waals surface area (Å²) in [6, 6.07) is 9.61. The van der Waals surface area contributed by atoms with E-state index < -0.39 is 5.54 Å². The lowest BCUT2D eigenvalue weighted by Crippen LogP contribution is -2.59. The number of hydrogen-bond donors (Lipinski definition) is 1. The molecule has 4 nitrogen and oxygen atoms in total. The van der Waals surface area contributed by atoms with Crippen molar-refractivity contribution in [3.05, 3.63) is 30.3 Å². The van der Waals surface area contributed by atoms with Crippen molar-refractivity contribution in [2.45, 2.75) is 38.6 Å². The summed E-state index contributed by atoms with van der Waals surface area (Å²) < 4.78 is 11.2. The highest BCUT2D eigenvalue weighted by Gasteiger charge is 2.52. The molecule has 0 aromatic heterocycles. The Kier molecular flexibility index (Phi) is 5.62. The van der Waals surface area contributed by atoms with Crippen LogP contribution in [0.25, 0.3) is 0 Å². The maximum atomic E-state index is 12.5. The Balaban J connectivity index is 2.11. The summed E-state index contributed by atoms with van der Waals surface area (Å²) in [6.07, 6.45) is 3.07. The van der Waals surface area contributed by atoms with E-state index in [1.165, 1.54) is 0 Å². The number of para-hydroxylation sites is 1. The van der Waals surface area contributed by atoms with Gasteiger partial charge in [-0.3, -0.25) is 5.32 Å². The topological polar surface area (TPSA) is 47.6 Å². The molecule has 1 aromatic rings. The molecule has 1 aliphatic carbocycles. The van der Waals surface area contributed by atoms with Crippen LogP contribution in [0.1, 0.15) is 33.1 Å². The summed E-state index contributed by atoms with van der Waals surface area (Å²) in [6.45, 7) is 5.43. The van der Waals surface area contributed by atoms with Crippen LogP contribution in [0.4, 0.5) is 0 Å². The molecule has 0 amide bonds. The van der Waals surface area contributed by atoms with Gasteiger partial charge in [-0.15, -0.1) is 0 Å². The van der Waals surface area contributed by atoms with Gasteiger partial charge in [0.2, 0.25) is 0 Å². The fourth-order valence-corrected chi connectivity index (χ4v) is 2.51. The van der Waals surface area contributed by atoms with E-state index in [2.05, 4.69) is 12.2 Å². The lowest BCUT2D eigenvalue weighted by molar-refractivity contribution is -0.154. The van der Waals surface area contributed by atoms with E-state index in [1.54, 1.807) is 0 Å². The molecule has 0 radical (unpaired) electrons. The third-order valence-electron chi connectivity index (χ3n) is 3.81. The minimum Gasteiger partial charge on any atom is -0.491 e. The van der Waals surface area contributed by atoms with Crippen molar-refractivity contribution in [3.63, 3.8) is 0 Å². The zero-order chi connectivity index (χ0) is 15.1. The minimum absolute atomic E-state index is 0.183. The largest absolute Gasteiger partial charge is 0.491 e. The molecule has 1 fully saturated rings. The first kappa shape index (κ1) is 15.8. The first-order valence-electron chi connectivity index (χ1n) is 7.83. The van der Waals surface area contributed by atoms with Crippen LogP contribution in [0.3, 0.4) is 0 Å². The van der Waals surface area contributed by atoms with Crippen LogP contribution in [0, 0.1) is 5.92 Å². The number of carbonyl (C=O) groups is 1. The summed E-state index contributed by atoms with van der Waals surface area (Å²) in [5.41, 5.74) is -0.706. The van der Waals surface area contributed by atoms with Gasteiger partial charge in [0.05, 0.1) is 6.61 Å². The lowest BCUT2D eigenvalue weighted by atomic mass is 9.93. The third kappa shape index (κ3) is 3.97. The molecule has 4 heteroatoms. The number of benzene rings is 1. The van der Waals surface area contributed by atoms with Crippen molar-refractivity contribution in [3.8, 4) is 5.75 Å². The van der Waals surface area contributed by atoms with E-state index in [1.807, 2.05) is 37.3 Å². The van der Waals surface area contributed by atoms with Gasteiger partial charge in [-0.2, -0.15) is 0 Å². The van der Waals surface area contributed by atoms with Crippen LogP contribution in [-0.4, -0.2) is 31.3 Å². The van der Waals surface area contributed by atoms with Gasteiger partial charge >= 0.3 is 5.97 Å². The van der Waals surface area contributed by atoms with Crippen LogP contribution in [0.2, 0.25) is 0 Å². The summed E-state index contributed by atoms with van der Waals surface area (Å²) in [4.78, 5) is 12.5. The standard InChI is InChI=1S/C17H25NO3/c1-3-12-18-17(14-10-11-14,16(19)20-4-2)13-21-15-8-6-5-7-9-15/h5-9,14,18H,3-4,10-13H2,1-2H3. The second-order valence-corrected chi connectivity index (χ2v) is 5.49. The molecule has 1 saturated carbocycles. The molecule has 1 atom stereocenters. The van der Waals surface area contributed by atoms with Crippen molar-refractivity contribution in [2.75, 3.05) is 19.8 Å². The van der Waals surface area contributed by atoms with Gasteiger partial charge in [0.1, 0.15) is 12.4 Å². The Bertz CT molecular complexity index is 445. The first-order valence-corrected chi connectivity index (χ1v) is 7.83. The molecule has 21 heavy (non-hydrogen) atoms. The van der Waals surface area contributed by atoms with Gasteiger partial charge in [0.15, 0.2) is 5.54 Å². The number of hydrogen-bond acceptors (Lipinski definition) is 4. The molecule has 1 unspecified atom stereocenters. The molecule has 0 bridgehead atoms. The van der Waals surface area contributed by atoms with E-state index >= 15 is 0 Å². The van der Waals surface area contributed by atoms with Crippen LogP contribution in [0.5, 0.6) is 5.75 Å². The highest BCUT2D eigenvalue weighted by molar-refractivity contribution is 5.82. The summed E-state index contributed by atoms with van der Waals surface area (Å²) >= 11 is 0. The van der Waals surface area contributed by atoms with Gasteiger partial charge in [-0.05, 0) is 50.8 Å². The van der Waals surface area contributed by atoms with Crippen molar-refractivity contribution in [2.24, 2.45) is 5.92 Å². The first-order chi connectivity index (χ1) is 10.2. The zero-order valence-corrected chi connectivity index (χ0v) is 12.9. The van der Waals surface area contributed by atoms with Gasteiger partial charge in [-0.25, -0.2) is 4.79 Å². The number of rotatable bonds is 9. The van der Waals surface area contributed by atoms with Crippen LogP contribution >= 0.6 is 0 Å². The third-order valence-corrected chi connectivity index (χ3v) is 3.81.